The molecule has 3 rings (SSSR count). The Bertz CT molecular complexity index is 603. The van der Waals surface area contributed by atoms with Crippen LogP contribution < -0.4 is 0 Å². The summed E-state index contributed by atoms with van der Waals surface area (Å²) >= 11 is 0. The molecule has 0 amide bonds. The highest BCUT2D eigenvalue weighted by molar-refractivity contribution is 5.72. The molecule has 162 valence electrons. The van der Waals surface area contributed by atoms with Crippen LogP contribution in [0, 0.1) is 5.92 Å². The minimum atomic E-state index is -0.0454. The van der Waals surface area contributed by atoms with Crippen LogP contribution in [0.25, 0.3) is 0 Å². The molecule has 0 unspecified atom stereocenters. The largest absolute Gasteiger partial charge is 0.466 e. The first-order valence-corrected chi connectivity index (χ1v) is 10.9. The summed E-state index contributed by atoms with van der Waals surface area (Å²) in [6.45, 7) is 4.83. The second-order valence-corrected chi connectivity index (χ2v) is 8.13. The van der Waals surface area contributed by atoms with Crippen molar-refractivity contribution in [3.05, 3.63) is 35.9 Å². The molecule has 0 spiro atoms. The molecule has 2 fully saturated rings. The van der Waals surface area contributed by atoms with Crippen LogP contribution in [-0.4, -0.2) is 62.7 Å². The Morgan fingerprint density at radius 1 is 1.07 bits per heavy atom. The van der Waals surface area contributed by atoms with E-state index in [0.717, 1.165) is 50.8 Å². The van der Waals surface area contributed by atoms with E-state index < -0.39 is 0 Å². The van der Waals surface area contributed by atoms with E-state index in [0.29, 0.717) is 26.0 Å². The molecule has 1 aromatic rings. The lowest BCUT2D eigenvalue weighted by molar-refractivity contribution is -0.150. The van der Waals surface area contributed by atoms with E-state index in [9.17, 15) is 4.79 Å². The molecular weight excluding hydrogens is 370 g/mol. The van der Waals surface area contributed by atoms with Crippen LogP contribution in [-0.2, 0) is 30.3 Å². The number of likely N-dealkylation sites (tertiary alicyclic amines) is 1. The van der Waals surface area contributed by atoms with Gasteiger partial charge in [-0.3, -0.25) is 9.69 Å². The molecule has 2 aliphatic rings. The van der Waals surface area contributed by atoms with Crippen LogP contribution in [0.1, 0.15) is 44.6 Å². The van der Waals surface area contributed by atoms with Crippen molar-refractivity contribution in [1.29, 1.82) is 0 Å². The standard InChI is InChI=1S/C23H35NO5/c1-3-27-23(25)19-9-11-21(12-10-19)28-16-20-13-22(14-24(20)2)29-17-26-15-18-7-5-4-6-8-18/h4-8,19-22H,3,9-17H2,1-2H3/t19-,20-,21+,22+/m0/s1. The van der Waals surface area contributed by atoms with Gasteiger partial charge in [0.25, 0.3) is 0 Å². The zero-order chi connectivity index (χ0) is 20.5. The Kier molecular flexibility index (Phi) is 8.92. The molecule has 1 saturated carbocycles. The van der Waals surface area contributed by atoms with Crippen molar-refractivity contribution in [3.8, 4) is 0 Å². The van der Waals surface area contributed by atoms with Gasteiger partial charge in [-0.1, -0.05) is 30.3 Å². The van der Waals surface area contributed by atoms with E-state index in [1.807, 2.05) is 25.1 Å². The van der Waals surface area contributed by atoms with Gasteiger partial charge in [0.2, 0.25) is 0 Å². The molecule has 1 aliphatic heterocycles. The summed E-state index contributed by atoms with van der Waals surface area (Å²) in [7, 11) is 2.12. The van der Waals surface area contributed by atoms with Crippen LogP contribution in [0.3, 0.4) is 0 Å². The van der Waals surface area contributed by atoms with Gasteiger partial charge in [-0.25, -0.2) is 0 Å². The number of esters is 1. The molecule has 2 atom stereocenters. The SMILES string of the molecule is CCOC(=O)[C@H]1CC[C@@H](OC[C@@H]2C[C@@H](OCOCc3ccccc3)CN2C)CC1. The molecule has 6 nitrogen and oxygen atoms in total. The number of carbonyl (C=O) groups is 1. The summed E-state index contributed by atoms with van der Waals surface area (Å²) in [6.07, 6.45) is 5.01. The average Bonchev–Trinajstić information content (AvgIpc) is 3.10. The second kappa shape index (κ2) is 11.6. The summed E-state index contributed by atoms with van der Waals surface area (Å²) in [4.78, 5) is 14.2. The normalized spacial score (nSPS) is 27.8. The predicted molar refractivity (Wildman–Crippen MR) is 110 cm³/mol. The van der Waals surface area contributed by atoms with Gasteiger partial charge in [-0.15, -0.1) is 0 Å². The van der Waals surface area contributed by atoms with Gasteiger partial charge >= 0.3 is 5.97 Å². The van der Waals surface area contributed by atoms with Gasteiger partial charge in [0.15, 0.2) is 0 Å². The number of hydrogen-bond acceptors (Lipinski definition) is 6. The highest BCUT2D eigenvalue weighted by atomic mass is 16.7. The predicted octanol–water partition coefficient (Wildman–Crippen LogP) is 3.39. The highest BCUT2D eigenvalue weighted by Crippen LogP contribution is 2.28. The van der Waals surface area contributed by atoms with Gasteiger partial charge in [0.05, 0.1) is 37.9 Å². The van der Waals surface area contributed by atoms with Crippen LogP contribution in [0.5, 0.6) is 0 Å². The maximum atomic E-state index is 11.8. The Labute approximate surface area is 174 Å². The van der Waals surface area contributed by atoms with E-state index in [4.69, 9.17) is 18.9 Å². The van der Waals surface area contributed by atoms with Crippen molar-refractivity contribution in [3.63, 3.8) is 0 Å². The van der Waals surface area contributed by atoms with Gasteiger partial charge in [0, 0.05) is 12.6 Å². The fourth-order valence-electron chi connectivity index (χ4n) is 4.19. The number of nitrogens with zero attached hydrogens (tertiary/aromatic N) is 1. The molecule has 0 radical (unpaired) electrons. The number of likely N-dealkylation sites (N-methyl/N-ethyl adjacent to an activating group) is 1. The Balaban J connectivity index is 1.29. The van der Waals surface area contributed by atoms with E-state index in [1.165, 1.54) is 0 Å². The first-order chi connectivity index (χ1) is 14.2. The molecule has 6 heteroatoms. The van der Waals surface area contributed by atoms with E-state index in [1.54, 1.807) is 0 Å². The van der Waals surface area contributed by atoms with E-state index in [2.05, 4.69) is 24.1 Å². The fraction of sp³-hybridized carbons (Fsp3) is 0.696. The summed E-state index contributed by atoms with van der Waals surface area (Å²) in [5, 5.41) is 0. The minimum absolute atomic E-state index is 0.0454. The minimum Gasteiger partial charge on any atom is -0.466 e. The third-order valence-corrected chi connectivity index (χ3v) is 5.97. The lowest BCUT2D eigenvalue weighted by atomic mass is 9.87. The first-order valence-electron chi connectivity index (χ1n) is 10.9. The van der Waals surface area contributed by atoms with Crippen molar-refractivity contribution in [1.82, 2.24) is 4.90 Å². The molecule has 0 N–H and O–H groups in total. The molecule has 1 saturated heterocycles. The number of hydrogen-bond donors (Lipinski definition) is 0. The van der Waals surface area contributed by atoms with Gasteiger partial charge < -0.3 is 18.9 Å². The molecule has 0 bridgehead atoms. The lowest BCUT2D eigenvalue weighted by Gasteiger charge is -2.29. The summed E-state index contributed by atoms with van der Waals surface area (Å²) in [5.74, 6) is 0.00794. The smallest absolute Gasteiger partial charge is 0.308 e. The molecule has 1 aliphatic carbocycles. The number of carbonyl (C=O) groups excluding carboxylic acids is 1. The van der Waals surface area contributed by atoms with Crippen molar-refractivity contribution in [2.45, 2.75) is 63.9 Å². The second-order valence-electron chi connectivity index (χ2n) is 8.13. The van der Waals surface area contributed by atoms with Crippen molar-refractivity contribution in [2.24, 2.45) is 5.92 Å². The maximum absolute atomic E-state index is 11.8. The van der Waals surface area contributed by atoms with Crippen LogP contribution >= 0.6 is 0 Å². The average molecular weight is 406 g/mol. The monoisotopic (exact) mass is 405 g/mol. The van der Waals surface area contributed by atoms with Crippen molar-refractivity contribution < 1.29 is 23.7 Å². The van der Waals surface area contributed by atoms with E-state index in [-0.39, 0.29) is 24.1 Å². The number of rotatable bonds is 10. The molecule has 1 aromatic carbocycles. The zero-order valence-corrected chi connectivity index (χ0v) is 17.8. The van der Waals surface area contributed by atoms with Crippen LogP contribution in [0.15, 0.2) is 30.3 Å². The molecule has 29 heavy (non-hydrogen) atoms. The van der Waals surface area contributed by atoms with Gasteiger partial charge in [-0.05, 0) is 51.6 Å². The highest BCUT2D eigenvalue weighted by Gasteiger charge is 2.32. The fourth-order valence-corrected chi connectivity index (χ4v) is 4.19. The summed E-state index contributed by atoms with van der Waals surface area (Å²) in [5.41, 5.74) is 1.16. The van der Waals surface area contributed by atoms with Crippen molar-refractivity contribution in [2.75, 3.05) is 33.6 Å². The van der Waals surface area contributed by atoms with Gasteiger partial charge in [-0.2, -0.15) is 0 Å². The third kappa shape index (κ3) is 7.07. The zero-order valence-electron chi connectivity index (χ0n) is 17.8. The van der Waals surface area contributed by atoms with Crippen LogP contribution in [0.2, 0.25) is 0 Å². The Hall–Kier alpha value is -1.47. The number of ether oxygens (including phenoxy) is 4. The molecule has 1 heterocycles. The quantitative estimate of drug-likeness (QED) is 0.338. The summed E-state index contributed by atoms with van der Waals surface area (Å²) < 4.78 is 22.9. The molecule has 0 aromatic heterocycles. The maximum Gasteiger partial charge on any atom is 0.308 e. The lowest BCUT2D eigenvalue weighted by Crippen LogP contribution is -2.33. The van der Waals surface area contributed by atoms with E-state index >= 15 is 0 Å². The Morgan fingerprint density at radius 2 is 1.83 bits per heavy atom. The Morgan fingerprint density at radius 3 is 2.55 bits per heavy atom. The topological polar surface area (TPSA) is 57.2 Å². The third-order valence-electron chi connectivity index (χ3n) is 5.97. The first kappa shape index (κ1) is 22.2. The molecular formula is C23H35NO5. The summed E-state index contributed by atoms with van der Waals surface area (Å²) in [6, 6.07) is 10.5. The van der Waals surface area contributed by atoms with Crippen LogP contribution in [0.4, 0.5) is 0 Å². The van der Waals surface area contributed by atoms with Crippen molar-refractivity contribution >= 4 is 5.97 Å². The number of benzene rings is 1. The van der Waals surface area contributed by atoms with Gasteiger partial charge in [0.1, 0.15) is 6.79 Å².